The van der Waals surface area contributed by atoms with Gasteiger partial charge in [-0.1, -0.05) is 37.3 Å². The van der Waals surface area contributed by atoms with Gasteiger partial charge in [-0.3, -0.25) is 4.79 Å². The summed E-state index contributed by atoms with van der Waals surface area (Å²) in [6.45, 7) is 1.78. The van der Waals surface area contributed by atoms with E-state index in [0.717, 1.165) is 19.3 Å². The predicted octanol–water partition coefficient (Wildman–Crippen LogP) is 5.43. The van der Waals surface area contributed by atoms with Crippen molar-refractivity contribution in [3.63, 3.8) is 0 Å². The number of amides is 1. The molecule has 2 aliphatic rings. The van der Waals surface area contributed by atoms with Gasteiger partial charge in [0.15, 0.2) is 0 Å². The van der Waals surface area contributed by atoms with E-state index < -0.39 is 5.97 Å². The first-order valence-corrected chi connectivity index (χ1v) is 9.62. The van der Waals surface area contributed by atoms with Crippen LogP contribution in [0.1, 0.15) is 73.7 Å². The Morgan fingerprint density at radius 2 is 1.84 bits per heavy atom. The molecule has 2 saturated carbocycles. The van der Waals surface area contributed by atoms with Gasteiger partial charge in [0.2, 0.25) is 5.91 Å². The fourth-order valence-corrected chi connectivity index (χ4v) is 5.01. The van der Waals surface area contributed by atoms with Crippen LogP contribution in [0.25, 0.3) is 0 Å². The molecule has 0 aliphatic heterocycles. The number of halogens is 1. The van der Waals surface area contributed by atoms with Crippen molar-refractivity contribution in [3.05, 3.63) is 28.3 Å². The number of anilines is 1. The van der Waals surface area contributed by atoms with E-state index in [1.165, 1.54) is 44.6 Å². The summed E-state index contributed by atoms with van der Waals surface area (Å²) in [6.07, 6.45) is 10.5. The Labute approximate surface area is 153 Å². The lowest BCUT2D eigenvalue weighted by Gasteiger charge is -2.43. The SMILES string of the molecule is Cc1cc(Cl)cc(C(=O)O)c1NC(=O)C1CCCC2(CCCCC2)C1. The van der Waals surface area contributed by atoms with Gasteiger partial charge in [0.1, 0.15) is 0 Å². The van der Waals surface area contributed by atoms with Crippen molar-refractivity contribution in [2.75, 3.05) is 5.32 Å². The molecular weight excluding hydrogens is 338 g/mol. The predicted molar refractivity (Wildman–Crippen MR) is 99.3 cm³/mol. The third-order valence-electron chi connectivity index (χ3n) is 6.00. The minimum Gasteiger partial charge on any atom is -0.478 e. The van der Waals surface area contributed by atoms with Gasteiger partial charge in [-0.15, -0.1) is 0 Å². The molecule has 2 N–H and O–H groups in total. The molecule has 2 aliphatic carbocycles. The zero-order valence-electron chi connectivity index (χ0n) is 14.7. The first kappa shape index (κ1) is 18.2. The molecule has 5 heteroatoms. The van der Waals surface area contributed by atoms with Crippen LogP contribution in [0.2, 0.25) is 5.02 Å². The zero-order chi connectivity index (χ0) is 18.0. The molecular formula is C20H26ClNO3. The van der Waals surface area contributed by atoms with Crippen molar-refractivity contribution in [2.24, 2.45) is 11.3 Å². The molecule has 1 aromatic carbocycles. The summed E-state index contributed by atoms with van der Waals surface area (Å²) in [6, 6.07) is 3.09. The fourth-order valence-electron chi connectivity index (χ4n) is 4.73. The normalized spacial score (nSPS) is 22.6. The number of nitrogens with one attached hydrogen (secondary N) is 1. The number of carbonyl (C=O) groups is 2. The van der Waals surface area contributed by atoms with Crippen LogP contribution >= 0.6 is 11.6 Å². The van der Waals surface area contributed by atoms with E-state index in [1.807, 2.05) is 0 Å². The third-order valence-corrected chi connectivity index (χ3v) is 6.22. The molecule has 0 saturated heterocycles. The molecule has 1 unspecified atom stereocenters. The molecule has 0 radical (unpaired) electrons. The Balaban J connectivity index is 1.77. The van der Waals surface area contributed by atoms with E-state index in [1.54, 1.807) is 13.0 Å². The molecule has 3 rings (SSSR count). The van der Waals surface area contributed by atoms with Crippen LogP contribution < -0.4 is 5.32 Å². The number of carbonyl (C=O) groups excluding carboxylic acids is 1. The van der Waals surface area contributed by atoms with Crippen molar-refractivity contribution in [1.29, 1.82) is 0 Å². The second-order valence-corrected chi connectivity index (χ2v) is 8.23. The maximum atomic E-state index is 12.9. The number of aromatic carboxylic acids is 1. The summed E-state index contributed by atoms with van der Waals surface area (Å²) < 4.78 is 0. The van der Waals surface area contributed by atoms with E-state index in [4.69, 9.17) is 11.6 Å². The summed E-state index contributed by atoms with van der Waals surface area (Å²) in [5.74, 6) is -1.14. The number of carboxylic acid groups (broad SMARTS) is 1. The molecule has 0 bridgehead atoms. The van der Waals surface area contributed by atoms with Crippen molar-refractivity contribution < 1.29 is 14.7 Å². The van der Waals surface area contributed by atoms with Crippen LogP contribution in [0, 0.1) is 18.3 Å². The molecule has 0 heterocycles. The summed E-state index contributed by atoms with van der Waals surface area (Å²) >= 11 is 5.97. The smallest absolute Gasteiger partial charge is 0.337 e. The lowest BCUT2D eigenvalue weighted by Crippen LogP contribution is -2.36. The van der Waals surface area contributed by atoms with Gasteiger partial charge < -0.3 is 10.4 Å². The van der Waals surface area contributed by atoms with Gasteiger partial charge in [-0.05, 0) is 62.1 Å². The standard InChI is InChI=1S/C20H26ClNO3/c1-13-10-15(21)11-16(19(24)25)17(13)22-18(23)14-6-5-9-20(12-14)7-3-2-4-8-20/h10-11,14H,2-9,12H2,1H3,(H,22,23)(H,24,25). The molecule has 136 valence electrons. The quantitative estimate of drug-likeness (QED) is 0.752. The van der Waals surface area contributed by atoms with Gasteiger partial charge in [0, 0.05) is 10.9 Å². The van der Waals surface area contributed by atoms with Crippen LogP contribution in [0.3, 0.4) is 0 Å². The van der Waals surface area contributed by atoms with Gasteiger partial charge in [-0.2, -0.15) is 0 Å². The summed E-state index contributed by atoms with van der Waals surface area (Å²) in [5, 5.41) is 12.7. The second kappa shape index (κ2) is 7.36. The number of aryl methyl sites for hydroxylation is 1. The number of rotatable bonds is 3. The van der Waals surface area contributed by atoms with Gasteiger partial charge in [0.25, 0.3) is 0 Å². The fraction of sp³-hybridized carbons (Fsp3) is 0.600. The van der Waals surface area contributed by atoms with Crippen LogP contribution in [0.4, 0.5) is 5.69 Å². The minimum atomic E-state index is -1.08. The Hall–Kier alpha value is -1.55. The summed E-state index contributed by atoms with van der Waals surface area (Å²) in [5.41, 5.74) is 1.46. The lowest BCUT2D eigenvalue weighted by atomic mass is 9.62. The number of carboxylic acids is 1. The van der Waals surface area contributed by atoms with E-state index >= 15 is 0 Å². The van der Waals surface area contributed by atoms with Crippen LogP contribution in [-0.4, -0.2) is 17.0 Å². The van der Waals surface area contributed by atoms with E-state index in [-0.39, 0.29) is 17.4 Å². The highest BCUT2D eigenvalue weighted by molar-refractivity contribution is 6.31. The third kappa shape index (κ3) is 4.00. The minimum absolute atomic E-state index is 0.0245. The Bertz CT molecular complexity index is 674. The average Bonchev–Trinajstić information content (AvgIpc) is 2.57. The van der Waals surface area contributed by atoms with Gasteiger partial charge in [-0.25, -0.2) is 4.79 Å². The van der Waals surface area contributed by atoms with Crippen LogP contribution in [0.15, 0.2) is 12.1 Å². The topological polar surface area (TPSA) is 66.4 Å². The Morgan fingerprint density at radius 3 is 2.52 bits per heavy atom. The Kier molecular flexibility index (Phi) is 5.38. The van der Waals surface area contributed by atoms with E-state index in [2.05, 4.69) is 5.32 Å². The van der Waals surface area contributed by atoms with Gasteiger partial charge >= 0.3 is 5.97 Å². The van der Waals surface area contributed by atoms with E-state index in [9.17, 15) is 14.7 Å². The molecule has 1 aromatic rings. The molecule has 2 fully saturated rings. The molecule has 25 heavy (non-hydrogen) atoms. The largest absolute Gasteiger partial charge is 0.478 e. The van der Waals surface area contributed by atoms with Crippen molar-refractivity contribution in [1.82, 2.24) is 0 Å². The highest BCUT2D eigenvalue weighted by atomic mass is 35.5. The lowest BCUT2D eigenvalue weighted by molar-refractivity contribution is -0.122. The number of hydrogen-bond donors (Lipinski definition) is 2. The number of benzene rings is 1. The highest BCUT2D eigenvalue weighted by Crippen LogP contribution is 2.49. The highest BCUT2D eigenvalue weighted by Gasteiger charge is 2.39. The first-order chi connectivity index (χ1) is 11.9. The molecule has 1 amide bonds. The summed E-state index contributed by atoms with van der Waals surface area (Å²) in [4.78, 5) is 24.4. The van der Waals surface area contributed by atoms with Gasteiger partial charge in [0.05, 0.1) is 11.3 Å². The monoisotopic (exact) mass is 363 g/mol. The average molecular weight is 364 g/mol. The molecule has 1 atom stereocenters. The summed E-state index contributed by atoms with van der Waals surface area (Å²) in [7, 11) is 0. The van der Waals surface area contributed by atoms with Crippen LogP contribution in [-0.2, 0) is 4.79 Å². The van der Waals surface area contributed by atoms with Crippen LogP contribution in [0.5, 0.6) is 0 Å². The van der Waals surface area contributed by atoms with Crippen molar-refractivity contribution in [3.8, 4) is 0 Å². The van der Waals surface area contributed by atoms with Crippen molar-refractivity contribution >= 4 is 29.2 Å². The maximum absolute atomic E-state index is 12.9. The molecule has 0 aromatic heterocycles. The van der Waals surface area contributed by atoms with E-state index in [0.29, 0.717) is 21.7 Å². The zero-order valence-corrected chi connectivity index (χ0v) is 15.5. The van der Waals surface area contributed by atoms with Crippen molar-refractivity contribution in [2.45, 2.75) is 64.7 Å². The number of hydrogen-bond acceptors (Lipinski definition) is 2. The first-order valence-electron chi connectivity index (χ1n) is 9.24. The molecule has 4 nitrogen and oxygen atoms in total. The Morgan fingerprint density at radius 1 is 1.16 bits per heavy atom. The second-order valence-electron chi connectivity index (χ2n) is 7.79. The molecule has 1 spiro atoms. The maximum Gasteiger partial charge on any atom is 0.337 e.